The van der Waals surface area contributed by atoms with Crippen molar-refractivity contribution in [3.8, 4) is 0 Å². The molecule has 1 heterocycles. The number of para-hydroxylation sites is 1. The number of carboxylic acids is 1. The van der Waals surface area contributed by atoms with Crippen molar-refractivity contribution < 1.29 is 14.7 Å². The van der Waals surface area contributed by atoms with E-state index < -0.39 is 12.0 Å². The maximum atomic E-state index is 12.2. The maximum Gasteiger partial charge on any atom is 0.337 e. The third-order valence-corrected chi connectivity index (χ3v) is 3.25. The minimum atomic E-state index is -0.989. The molecular formula is C15H16N2O3. The number of rotatable bonds is 4. The normalized spacial score (nSPS) is 11.9. The molecule has 0 spiro atoms. The van der Waals surface area contributed by atoms with Crippen LogP contribution in [-0.2, 0) is 4.79 Å². The first kappa shape index (κ1) is 13.9. The minimum absolute atomic E-state index is 0.188. The van der Waals surface area contributed by atoms with Crippen molar-refractivity contribution in [2.24, 2.45) is 0 Å². The molecule has 20 heavy (non-hydrogen) atoms. The van der Waals surface area contributed by atoms with Crippen molar-refractivity contribution in [1.82, 2.24) is 4.57 Å². The first-order valence-electron chi connectivity index (χ1n) is 6.27. The highest BCUT2D eigenvalue weighted by molar-refractivity contribution is 5.94. The van der Waals surface area contributed by atoms with E-state index in [0.717, 1.165) is 0 Å². The lowest BCUT2D eigenvalue weighted by molar-refractivity contribution is -0.118. The molecule has 0 radical (unpaired) electrons. The van der Waals surface area contributed by atoms with Gasteiger partial charge in [-0.1, -0.05) is 18.2 Å². The molecular weight excluding hydrogens is 256 g/mol. The molecule has 0 bridgehead atoms. The summed E-state index contributed by atoms with van der Waals surface area (Å²) in [7, 11) is 0. The number of hydrogen-bond donors (Lipinski definition) is 2. The van der Waals surface area contributed by atoms with E-state index in [2.05, 4.69) is 5.32 Å². The van der Waals surface area contributed by atoms with Crippen molar-refractivity contribution in [3.63, 3.8) is 0 Å². The number of amides is 1. The van der Waals surface area contributed by atoms with Gasteiger partial charge in [-0.2, -0.15) is 0 Å². The Morgan fingerprint density at radius 1 is 1.20 bits per heavy atom. The number of aromatic nitrogens is 1. The highest BCUT2D eigenvalue weighted by Gasteiger charge is 2.19. The second-order valence-electron chi connectivity index (χ2n) is 4.56. The molecule has 5 nitrogen and oxygen atoms in total. The summed E-state index contributed by atoms with van der Waals surface area (Å²) in [4.78, 5) is 23.2. The SMILES string of the molecule is Cc1c(C(=O)O)ccn1C(C)C(=O)Nc1ccccc1. The highest BCUT2D eigenvalue weighted by atomic mass is 16.4. The summed E-state index contributed by atoms with van der Waals surface area (Å²) in [6.45, 7) is 3.42. The van der Waals surface area contributed by atoms with Crippen LogP contribution in [0.5, 0.6) is 0 Å². The maximum absolute atomic E-state index is 12.2. The molecule has 1 amide bonds. The van der Waals surface area contributed by atoms with Gasteiger partial charge in [0, 0.05) is 17.6 Å². The summed E-state index contributed by atoms with van der Waals surface area (Å²) in [5.41, 5.74) is 1.49. The van der Waals surface area contributed by atoms with Crippen LogP contribution in [0.4, 0.5) is 5.69 Å². The fourth-order valence-corrected chi connectivity index (χ4v) is 2.07. The lowest BCUT2D eigenvalue weighted by Gasteiger charge is -2.16. The van der Waals surface area contributed by atoms with Gasteiger partial charge in [0.1, 0.15) is 6.04 Å². The van der Waals surface area contributed by atoms with Crippen LogP contribution in [0.25, 0.3) is 0 Å². The summed E-state index contributed by atoms with van der Waals surface area (Å²) < 4.78 is 1.65. The molecule has 0 aliphatic heterocycles. The van der Waals surface area contributed by atoms with Gasteiger partial charge in [0.15, 0.2) is 0 Å². The Morgan fingerprint density at radius 2 is 1.85 bits per heavy atom. The molecule has 2 rings (SSSR count). The Kier molecular flexibility index (Phi) is 3.89. The molecule has 5 heteroatoms. The number of carboxylic acid groups (broad SMARTS) is 1. The lowest BCUT2D eigenvalue weighted by atomic mass is 10.2. The number of benzene rings is 1. The van der Waals surface area contributed by atoms with Crippen LogP contribution in [0.2, 0.25) is 0 Å². The van der Waals surface area contributed by atoms with E-state index in [1.165, 1.54) is 6.07 Å². The van der Waals surface area contributed by atoms with Gasteiger partial charge < -0.3 is 15.0 Å². The monoisotopic (exact) mass is 272 g/mol. The molecule has 1 aromatic heterocycles. The molecule has 0 aliphatic rings. The predicted octanol–water partition coefficient (Wildman–Crippen LogP) is 2.69. The fourth-order valence-electron chi connectivity index (χ4n) is 2.07. The number of nitrogens with one attached hydrogen (secondary N) is 1. The first-order chi connectivity index (χ1) is 9.50. The van der Waals surface area contributed by atoms with Crippen LogP contribution in [0, 0.1) is 6.92 Å². The number of carbonyl (C=O) groups is 2. The van der Waals surface area contributed by atoms with Crippen LogP contribution in [-0.4, -0.2) is 21.6 Å². The van der Waals surface area contributed by atoms with E-state index in [9.17, 15) is 9.59 Å². The quantitative estimate of drug-likeness (QED) is 0.898. The molecule has 0 aliphatic carbocycles. The van der Waals surface area contributed by atoms with E-state index >= 15 is 0 Å². The summed E-state index contributed by atoms with van der Waals surface area (Å²) in [6.07, 6.45) is 1.62. The standard InChI is InChI=1S/C15H16N2O3/c1-10-13(15(19)20)8-9-17(10)11(2)14(18)16-12-6-4-3-5-7-12/h3-9,11H,1-2H3,(H,16,18)(H,19,20). The summed E-state index contributed by atoms with van der Waals surface area (Å²) in [5, 5.41) is 11.8. The van der Waals surface area contributed by atoms with Gasteiger partial charge in [-0.3, -0.25) is 4.79 Å². The largest absolute Gasteiger partial charge is 0.478 e. The Labute approximate surface area is 116 Å². The minimum Gasteiger partial charge on any atom is -0.478 e. The van der Waals surface area contributed by atoms with Gasteiger partial charge in [-0.25, -0.2) is 4.79 Å². The molecule has 2 aromatic rings. The lowest BCUT2D eigenvalue weighted by Crippen LogP contribution is -2.24. The van der Waals surface area contributed by atoms with Crippen molar-refractivity contribution in [1.29, 1.82) is 0 Å². The van der Waals surface area contributed by atoms with E-state index in [1.54, 1.807) is 36.7 Å². The van der Waals surface area contributed by atoms with Crippen molar-refractivity contribution in [2.45, 2.75) is 19.9 Å². The van der Waals surface area contributed by atoms with Gasteiger partial charge in [0.2, 0.25) is 5.91 Å². The fraction of sp³-hybridized carbons (Fsp3) is 0.200. The number of carbonyl (C=O) groups excluding carboxylic acids is 1. The molecule has 1 atom stereocenters. The summed E-state index contributed by atoms with van der Waals surface area (Å²) in [6, 6.07) is 10.2. The van der Waals surface area contributed by atoms with Gasteiger partial charge in [-0.05, 0) is 32.0 Å². The Bertz CT molecular complexity index is 632. The van der Waals surface area contributed by atoms with E-state index in [1.807, 2.05) is 18.2 Å². The van der Waals surface area contributed by atoms with E-state index in [-0.39, 0.29) is 11.5 Å². The van der Waals surface area contributed by atoms with Gasteiger partial charge >= 0.3 is 5.97 Å². The van der Waals surface area contributed by atoms with Crippen LogP contribution in [0.15, 0.2) is 42.6 Å². The van der Waals surface area contributed by atoms with Crippen molar-refractivity contribution >= 4 is 17.6 Å². The zero-order valence-corrected chi connectivity index (χ0v) is 11.3. The first-order valence-corrected chi connectivity index (χ1v) is 6.27. The van der Waals surface area contributed by atoms with Crippen LogP contribution >= 0.6 is 0 Å². The molecule has 104 valence electrons. The molecule has 2 N–H and O–H groups in total. The number of nitrogens with zero attached hydrogens (tertiary/aromatic N) is 1. The van der Waals surface area contributed by atoms with Gasteiger partial charge in [0.05, 0.1) is 5.56 Å². The smallest absolute Gasteiger partial charge is 0.337 e. The topological polar surface area (TPSA) is 71.3 Å². The third-order valence-electron chi connectivity index (χ3n) is 3.25. The van der Waals surface area contributed by atoms with Gasteiger partial charge in [-0.15, -0.1) is 0 Å². The zero-order valence-electron chi connectivity index (χ0n) is 11.3. The number of aromatic carboxylic acids is 1. The number of hydrogen-bond acceptors (Lipinski definition) is 2. The summed E-state index contributed by atoms with van der Waals surface area (Å²) >= 11 is 0. The molecule has 1 unspecified atom stereocenters. The van der Waals surface area contributed by atoms with Crippen molar-refractivity contribution in [2.75, 3.05) is 5.32 Å². The zero-order chi connectivity index (χ0) is 14.7. The van der Waals surface area contributed by atoms with Gasteiger partial charge in [0.25, 0.3) is 0 Å². The predicted molar refractivity (Wildman–Crippen MR) is 75.9 cm³/mol. The molecule has 0 fully saturated rings. The highest BCUT2D eigenvalue weighted by Crippen LogP contribution is 2.18. The van der Waals surface area contributed by atoms with Crippen LogP contribution < -0.4 is 5.32 Å². The molecule has 1 aromatic carbocycles. The second kappa shape index (κ2) is 5.61. The molecule has 0 saturated carbocycles. The molecule has 0 saturated heterocycles. The third kappa shape index (κ3) is 2.71. The average Bonchev–Trinajstić information content (AvgIpc) is 2.81. The Hall–Kier alpha value is -2.56. The van der Waals surface area contributed by atoms with E-state index in [4.69, 9.17) is 5.11 Å². The van der Waals surface area contributed by atoms with E-state index in [0.29, 0.717) is 11.4 Å². The van der Waals surface area contributed by atoms with Crippen LogP contribution in [0.1, 0.15) is 29.0 Å². The second-order valence-corrected chi connectivity index (χ2v) is 4.56. The Balaban J connectivity index is 2.17. The van der Waals surface area contributed by atoms with Crippen molar-refractivity contribution in [3.05, 3.63) is 53.9 Å². The average molecular weight is 272 g/mol. The number of anilines is 1. The summed E-state index contributed by atoms with van der Waals surface area (Å²) in [5.74, 6) is -1.18. The Morgan fingerprint density at radius 3 is 2.40 bits per heavy atom. The van der Waals surface area contributed by atoms with Crippen LogP contribution in [0.3, 0.4) is 0 Å².